The number of benzene rings is 2. The van der Waals surface area contributed by atoms with Crippen LogP contribution in [0.15, 0.2) is 48.5 Å². The van der Waals surface area contributed by atoms with E-state index in [-0.39, 0.29) is 5.91 Å². The molecule has 1 heterocycles. The zero-order chi connectivity index (χ0) is 19.6. The third-order valence-corrected chi connectivity index (χ3v) is 4.90. The average Bonchev–Trinajstić information content (AvgIpc) is 2.96. The molecule has 0 atom stereocenters. The van der Waals surface area contributed by atoms with Gasteiger partial charge in [-0.15, -0.1) is 5.10 Å². The van der Waals surface area contributed by atoms with Crippen LogP contribution in [0, 0.1) is 20.8 Å². The largest absolute Gasteiger partial charge is 0.342 e. The Morgan fingerprint density at radius 1 is 1.00 bits per heavy atom. The summed E-state index contributed by atoms with van der Waals surface area (Å²) in [6.45, 7) is 10.6. The quantitative estimate of drug-likeness (QED) is 0.748. The number of aromatic nitrogens is 3. The van der Waals surface area contributed by atoms with Crippen LogP contribution in [0.2, 0.25) is 0 Å². The van der Waals surface area contributed by atoms with E-state index in [1.165, 1.54) is 0 Å². The lowest BCUT2D eigenvalue weighted by Gasteiger charge is -2.30. The lowest BCUT2D eigenvalue weighted by atomic mass is 9.86. The van der Waals surface area contributed by atoms with Crippen molar-refractivity contribution in [2.24, 2.45) is 0 Å². The van der Waals surface area contributed by atoms with E-state index in [1.807, 2.05) is 57.2 Å². The van der Waals surface area contributed by atoms with Gasteiger partial charge in [-0.1, -0.05) is 53.7 Å². The molecule has 5 heteroatoms. The predicted octanol–water partition coefficient (Wildman–Crippen LogP) is 3.92. The highest BCUT2D eigenvalue weighted by atomic mass is 16.2. The Morgan fingerprint density at radius 3 is 2.26 bits per heavy atom. The number of carbonyl (C=O) groups is 1. The molecule has 0 spiro atoms. The van der Waals surface area contributed by atoms with Crippen LogP contribution in [0.25, 0.3) is 0 Å². The molecule has 2 aromatic carbocycles. The van der Waals surface area contributed by atoms with Crippen LogP contribution in [0.3, 0.4) is 0 Å². The highest BCUT2D eigenvalue weighted by molar-refractivity contribution is 5.93. The van der Waals surface area contributed by atoms with E-state index in [9.17, 15) is 4.79 Å². The summed E-state index contributed by atoms with van der Waals surface area (Å²) < 4.78 is 1.76. The Bertz CT molecular complexity index is 937. The second-order valence-electron chi connectivity index (χ2n) is 7.51. The molecule has 5 nitrogen and oxygen atoms in total. The minimum Gasteiger partial charge on any atom is -0.342 e. The first-order valence-corrected chi connectivity index (χ1v) is 9.13. The van der Waals surface area contributed by atoms with Gasteiger partial charge in [0.2, 0.25) is 0 Å². The van der Waals surface area contributed by atoms with Crippen molar-refractivity contribution in [3.8, 4) is 0 Å². The number of hydrogen-bond acceptors (Lipinski definition) is 3. The Balaban J connectivity index is 1.82. The summed E-state index contributed by atoms with van der Waals surface area (Å²) in [7, 11) is 0. The Kier molecular flexibility index (Phi) is 5.13. The van der Waals surface area contributed by atoms with Crippen LogP contribution >= 0.6 is 0 Å². The number of hydrogen-bond donors (Lipinski definition) is 1. The SMILES string of the molecule is Cc1cccc(C)c1C(C)(C)NC(=O)c1nnn(Cc2ccccc2)c1C. The molecule has 1 aromatic heterocycles. The summed E-state index contributed by atoms with van der Waals surface area (Å²) in [5.41, 5.74) is 5.18. The molecular formula is C22H26N4O. The van der Waals surface area contributed by atoms with E-state index >= 15 is 0 Å². The minimum absolute atomic E-state index is 0.209. The first-order valence-electron chi connectivity index (χ1n) is 9.13. The van der Waals surface area contributed by atoms with Crippen molar-refractivity contribution in [3.63, 3.8) is 0 Å². The van der Waals surface area contributed by atoms with Gasteiger partial charge in [0.05, 0.1) is 17.8 Å². The number of aryl methyl sites for hydroxylation is 2. The van der Waals surface area contributed by atoms with Crippen molar-refractivity contribution in [1.29, 1.82) is 0 Å². The normalized spacial score (nSPS) is 11.4. The van der Waals surface area contributed by atoms with Crippen LogP contribution in [0.4, 0.5) is 0 Å². The maximum atomic E-state index is 12.9. The predicted molar refractivity (Wildman–Crippen MR) is 107 cm³/mol. The minimum atomic E-state index is -0.512. The molecule has 0 aliphatic rings. The van der Waals surface area contributed by atoms with E-state index in [2.05, 4.69) is 41.6 Å². The maximum Gasteiger partial charge on any atom is 0.274 e. The second-order valence-corrected chi connectivity index (χ2v) is 7.51. The molecule has 0 saturated carbocycles. The van der Waals surface area contributed by atoms with Crippen LogP contribution in [0.1, 0.15) is 52.3 Å². The van der Waals surface area contributed by atoms with Gasteiger partial charge >= 0.3 is 0 Å². The third kappa shape index (κ3) is 3.92. The number of amides is 1. The van der Waals surface area contributed by atoms with Crippen LogP contribution in [-0.4, -0.2) is 20.9 Å². The molecule has 0 radical (unpaired) electrons. The zero-order valence-corrected chi connectivity index (χ0v) is 16.6. The second kappa shape index (κ2) is 7.35. The molecular weight excluding hydrogens is 336 g/mol. The molecule has 0 saturated heterocycles. The standard InChI is InChI=1S/C22H26N4O/c1-15-10-9-11-16(2)19(15)22(4,5)23-21(27)20-17(3)26(25-24-20)14-18-12-7-6-8-13-18/h6-13H,14H2,1-5H3,(H,23,27). The Morgan fingerprint density at radius 2 is 1.63 bits per heavy atom. The Hall–Kier alpha value is -2.95. The molecule has 0 fully saturated rings. The van der Waals surface area contributed by atoms with Gasteiger partial charge in [0, 0.05) is 0 Å². The number of nitrogens with zero attached hydrogens (tertiary/aromatic N) is 3. The van der Waals surface area contributed by atoms with Gasteiger partial charge in [0.1, 0.15) is 0 Å². The molecule has 0 aliphatic carbocycles. The molecule has 0 bridgehead atoms. The summed E-state index contributed by atoms with van der Waals surface area (Å²) in [4.78, 5) is 12.9. The molecule has 140 valence electrons. The molecule has 1 amide bonds. The first-order chi connectivity index (χ1) is 12.8. The molecule has 1 N–H and O–H groups in total. The molecule has 0 aliphatic heterocycles. The maximum absolute atomic E-state index is 12.9. The van der Waals surface area contributed by atoms with Crippen LogP contribution < -0.4 is 5.32 Å². The van der Waals surface area contributed by atoms with Gasteiger partial charge in [-0.25, -0.2) is 4.68 Å². The molecule has 27 heavy (non-hydrogen) atoms. The van der Waals surface area contributed by atoms with Gasteiger partial charge < -0.3 is 5.32 Å². The summed E-state index contributed by atoms with van der Waals surface area (Å²) in [5.74, 6) is -0.209. The highest BCUT2D eigenvalue weighted by Crippen LogP contribution is 2.27. The summed E-state index contributed by atoms with van der Waals surface area (Å²) in [6.07, 6.45) is 0. The van der Waals surface area contributed by atoms with Crippen LogP contribution in [0.5, 0.6) is 0 Å². The fourth-order valence-corrected chi connectivity index (χ4v) is 3.68. The monoisotopic (exact) mass is 362 g/mol. The van der Waals surface area contributed by atoms with E-state index in [0.717, 1.165) is 27.9 Å². The number of carbonyl (C=O) groups excluding carboxylic acids is 1. The molecule has 0 unspecified atom stereocenters. The van der Waals surface area contributed by atoms with Crippen molar-refractivity contribution in [1.82, 2.24) is 20.3 Å². The third-order valence-electron chi connectivity index (χ3n) is 4.90. The fourth-order valence-electron chi connectivity index (χ4n) is 3.68. The number of nitrogens with one attached hydrogen (secondary N) is 1. The Labute approximate surface area is 160 Å². The van der Waals surface area contributed by atoms with Crippen molar-refractivity contribution in [2.75, 3.05) is 0 Å². The van der Waals surface area contributed by atoms with E-state index in [0.29, 0.717) is 12.2 Å². The van der Waals surface area contributed by atoms with Gasteiger partial charge in [0.25, 0.3) is 5.91 Å². The van der Waals surface area contributed by atoms with E-state index in [4.69, 9.17) is 0 Å². The first kappa shape index (κ1) is 18.8. The summed E-state index contributed by atoms with van der Waals surface area (Å²) in [6, 6.07) is 16.2. The zero-order valence-electron chi connectivity index (χ0n) is 16.6. The lowest BCUT2D eigenvalue weighted by Crippen LogP contribution is -2.42. The molecule has 3 rings (SSSR count). The smallest absolute Gasteiger partial charge is 0.274 e. The highest BCUT2D eigenvalue weighted by Gasteiger charge is 2.28. The van der Waals surface area contributed by atoms with Gasteiger partial charge in [-0.3, -0.25) is 4.79 Å². The van der Waals surface area contributed by atoms with Gasteiger partial charge in [-0.05, 0) is 56.9 Å². The fraction of sp³-hybridized carbons (Fsp3) is 0.318. The summed E-state index contributed by atoms with van der Waals surface area (Å²) in [5, 5.41) is 11.4. The van der Waals surface area contributed by atoms with E-state index in [1.54, 1.807) is 4.68 Å². The lowest BCUT2D eigenvalue weighted by molar-refractivity contribution is 0.0905. The number of rotatable bonds is 5. The molecule has 3 aromatic rings. The topological polar surface area (TPSA) is 59.8 Å². The van der Waals surface area contributed by atoms with Crippen molar-refractivity contribution in [2.45, 2.75) is 46.7 Å². The van der Waals surface area contributed by atoms with Gasteiger partial charge in [0.15, 0.2) is 5.69 Å². The van der Waals surface area contributed by atoms with Crippen LogP contribution in [-0.2, 0) is 12.1 Å². The van der Waals surface area contributed by atoms with E-state index < -0.39 is 5.54 Å². The average molecular weight is 362 g/mol. The van der Waals surface area contributed by atoms with Crippen molar-refractivity contribution in [3.05, 3.63) is 82.2 Å². The summed E-state index contributed by atoms with van der Waals surface area (Å²) >= 11 is 0. The van der Waals surface area contributed by atoms with Crippen molar-refractivity contribution < 1.29 is 4.79 Å². The van der Waals surface area contributed by atoms with Crippen molar-refractivity contribution >= 4 is 5.91 Å². The van der Waals surface area contributed by atoms with Gasteiger partial charge in [-0.2, -0.15) is 0 Å².